The van der Waals surface area contributed by atoms with Crippen molar-refractivity contribution in [2.75, 3.05) is 6.54 Å². The number of rotatable bonds is 6. The van der Waals surface area contributed by atoms with Crippen molar-refractivity contribution in [1.82, 2.24) is 14.7 Å². The largest absolute Gasteiger partial charge is 0.338 e. The van der Waals surface area contributed by atoms with E-state index in [1.807, 2.05) is 10.9 Å². The second-order valence-corrected chi connectivity index (χ2v) is 7.67. The third-order valence-corrected chi connectivity index (χ3v) is 5.72. The van der Waals surface area contributed by atoms with Gasteiger partial charge in [0.05, 0.1) is 18.8 Å². The van der Waals surface area contributed by atoms with Crippen LogP contribution in [0, 0.1) is 24.7 Å². The summed E-state index contributed by atoms with van der Waals surface area (Å²) < 4.78 is 2.00. The SMILES string of the molecule is Cc1cnn(CC2CCCN2C(=O)CC(C2CC2)C2CC2)c1. The van der Waals surface area contributed by atoms with Gasteiger partial charge in [0.25, 0.3) is 0 Å². The summed E-state index contributed by atoms with van der Waals surface area (Å²) in [5, 5.41) is 4.39. The molecule has 0 aromatic carbocycles. The first-order valence-electron chi connectivity index (χ1n) is 8.99. The highest BCUT2D eigenvalue weighted by atomic mass is 16.2. The Morgan fingerprint density at radius 3 is 2.59 bits per heavy atom. The molecule has 0 N–H and O–H groups in total. The van der Waals surface area contributed by atoms with Gasteiger partial charge in [0.2, 0.25) is 5.91 Å². The van der Waals surface area contributed by atoms with E-state index >= 15 is 0 Å². The highest BCUT2D eigenvalue weighted by molar-refractivity contribution is 5.77. The van der Waals surface area contributed by atoms with E-state index < -0.39 is 0 Å². The second-order valence-electron chi connectivity index (χ2n) is 7.67. The Morgan fingerprint density at radius 1 is 1.27 bits per heavy atom. The number of nitrogens with zero attached hydrogens (tertiary/aromatic N) is 3. The van der Waals surface area contributed by atoms with Crippen molar-refractivity contribution < 1.29 is 4.79 Å². The smallest absolute Gasteiger partial charge is 0.223 e. The van der Waals surface area contributed by atoms with E-state index in [4.69, 9.17) is 0 Å². The van der Waals surface area contributed by atoms with E-state index in [9.17, 15) is 4.79 Å². The van der Waals surface area contributed by atoms with E-state index in [0.717, 1.165) is 44.2 Å². The van der Waals surface area contributed by atoms with Gasteiger partial charge in [-0.2, -0.15) is 5.10 Å². The van der Waals surface area contributed by atoms with Gasteiger partial charge in [-0.1, -0.05) is 0 Å². The van der Waals surface area contributed by atoms with E-state index in [0.29, 0.717) is 17.9 Å². The number of carbonyl (C=O) groups is 1. The van der Waals surface area contributed by atoms with E-state index in [2.05, 4.69) is 23.1 Å². The van der Waals surface area contributed by atoms with Gasteiger partial charge in [-0.25, -0.2) is 0 Å². The molecule has 1 aliphatic heterocycles. The molecule has 0 spiro atoms. The quantitative estimate of drug-likeness (QED) is 0.810. The minimum absolute atomic E-state index is 0.353. The number of amides is 1. The van der Waals surface area contributed by atoms with Crippen LogP contribution in [0.1, 0.15) is 50.5 Å². The van der Waals surface area contributed by atoms with Crippen LogP contribution in [-0.2, 0) is 11.3 Å². The zero-order chi connectivity index (χ0) is 15.1. The lowest BCUT2D eigenvalue weighted by Gasteiger charge is -2.27. The second kappa shape index (κ2) is 5.71. The molecular weight excluding hydrogens is 274 g/mol. The number of aryl methyl sites for hydroxylation is 1. The van der Waals surface area contributed by atoms with Gasteiger partial charge >= 0.3 is 0 Å². The molecule has 2 saturated carbocycles. The molecule has 1 saturated heterocycles. The Morgan fingerprint density at radius 2 is 2.00 bits per heavy atom. The summed E-state index contributed by atoms with van der Waals surface area (Å²) in [6.07, 6.45) is 12.5. The Kier molecular flexibility index (Phi) is 3.71. The zero-order valence-corrected chi connectivity index (χ0v) is 13.6. The standard InChI is InChI=1S/C18H27N3O/c1-13-10-19-20(11-13)12-16-3-2-8-21(16)18(22)9-17(14-4-5-14)15-6-7-15/h10-11,14-17H,2-9,12H2,1H3. The first-order chi connectivity index (χ1) is 10.7. The lowest BCUT2D eigenvalue weighted by molar-refractivity contribution is -0.133. The van der Waals surface area contributed by atoms with Crippen LogP contribution in [0.4, 0.5) is 0 Å². The third-order valence-electron chi connectivity index (χ3n) is 5.72. The molecule has 2 aliphatic carbocycles. The van der Waals surface area contributed by atoms with Crippen LogP contribution in [-0.4, -0.2) is 33.2 Å². The molecule has 4 rings (SSSR count). The van der Waals surface area contributed by atoms with Crippen molar-refractivity contribution in [2.45, 2.75) is 64.5 Å². The zero-order valence-electron chi connectivity index (χ0n) is 13.6. The van der Waals surface area contributed by atoms with Crippen LogP contribution in [0.2, 0.25) is 0 Å². The van der Waals surface area contributed by atoms with Crippen molar-refractivity contribution in [3.05, 3.63) is 18.0 Å². The highest BCUT2D eigenvalue weighted by Gasteiger charge is 2.43. The third kappa shape index (κ3) is 3.06. The number of carbonyl (C=O) groups excluding carboxylic acids is 1. The van der Waals surface area contributed by atoms with Gasteiger partial charge in [-0.3, -0.25) is 9.48 Å². The first kappa shape index (κ1) is 14.3. The van der Waals surface area contributed by atoms with Crippen LogP contribution in [0.5, 0.6) is 0 Å². The Bertz CT molecular complexity index is 532. The molecule has 1 amide bonds. The number of likely N-dealkylation sites (tertiary alicyclic amines) is 1. The molecule has 1 aromatic heterocycles. The van der Waals surface area contributed by atoms with Crippen LogP contribution in [0.25, 0.3) is 0 Å². The average Bonchev–Trinajstić information content (AvgIpc) is 3.42. The molecule has 3 fully saturated rings. The molecule has 0 radical (unpaired) electrons. The summed E-state index contributed by atoms with van der Waals surface area (Å²) in [7, 11) is 0. The van der Waals surface area contributed by atoms with Gasteiger partial charge in [-0.15, -0.1) is 0 Å². The summed E-state index contributed by atoms with van der Waals surface area (Å²) in [4.78, 5) is 15.0. The van der Waals surface area contributed by atoms with Gasteiger partial charge in [0.1, 0.15) is 0 Å². The van der Waals surface area contributed by atoms with Crippen LogP contribution in [0.3, 0.4) is 0 Å². The maximum Gasteiger partial charge on any atom is 0.223 e. The molecule has 0 bridgehead atoms. The summed E-state index contributed by atoms with van der Waals surface area (Å²) in [5.74, 6) is 2.84. The lowest BCUT2D eigenvalue weighted by Crippen LogP contribution is -2.39. The van der Waals surface area contributed by atoms with Crippen molar-refractivity contribution in [3.63, 3.8) is 0 Å². The van der Waals surface area contributed by atoms with E-state index in [1.54, 1.807) is 0 Å². The summed E-state index contributed by atoms with van der Waals surface area (Å²) in [5.41, 5.74) is 1.19. The molecule has 22 heavy (non-hydrogen) atoms. The molecule has 1 atom stereocenters. The molecule has 1 aromatic rings. The van der Waals surface area contributed by atoms with Crippen molar-refractivity contribution in [1.29, 1.82) is 0 Å². The maximum absolute atomic E-state index is 12.8. The number of hydrogen-bond donors (Lipinski definition) is 0. The molecule has 4 heteroatoms. The fourth-order valence-corrected chi connectivity index (χ4v) is 4.22. The topological polar surface area (TPSA) is 38.1 Å². The van der Waals surface area contributed by atoms with Crippen LogP contribution in [0.15, 0.2) is 12.4 Å². The van der Waals surface area contributed by atoms with E-state index in [1.165, 1.54) is 31.2 Å². The normalized spacial score (nSPS) is 25.2. The highest BCUT2D eigenvalue weighted by Crippen LogP contribution is 2.51. The van der Waals surface area contributed by atoms with Crippen LogP contribution >= 0.6 is 0 Å². The average molecular weight is 301 g/mol. The maximum atomic E-state index is 12.8. The molecule has 2 heterocycles. The van der Waals surface area contributed by atoms with Crippen molar-refractivity contribution in [3.8, 4) is 0 Å². The Labute approximate surface area is 132 Å². The fraction of sp³-hybridized carbons (Fsp3) is 0.778. The molecule has 1 unspecified atom stereocenters. The lowest BCUT2D eigenvalue weighted by atomic mass is 9.93. The molecule has 120 valence electrons. The summed E-state index contributed by atoms with van der Waals surface area (Å²) in [6.45, 7) is 3.87. The molecule has 4 nitrogen and oxygen atoms in total. The minimum atomic E-state index is 0.353. The number of aromatic nitrogens is 2. The van der Waals surface area contributed by atoms with Gasteiger partial charge in [-0.05, 0) is 68.8 Å². The van der Waals surface area contributed by atoms with Gasteiger partial charge in [0, 0.05) is 19.2 Å². The molecular formula is C18H27N3O. The first-order valence-corrected chi connectivity index (χ1v) is 8.99. The predicted molar refractivity (Wildman–Crippen MR) is 85.3 cm³/mol. The Hall–Kier alpha value is -1.32. The van der Waals surface area contributed by atoms with Crippen LogP contribution < -0.4 is 0 Å². The number of hydrogen-bond acceptors (Lipinski definition) is 2. The van der Waals surface area contributed by atoms with Crippen molar-refractivity contribution in [2.24, 2.45) is 17.8 Å². The minimum Gasteiger partial charge on any atom is -0.338 e. The molecule has 3 aliphatic rings. The van der Waals surface area contributed by atoms with E-state index in [-0.39, 0.29) is 0 Å². The van der Waals surface area contributed by atoms with Gasteiger partial charge < -0.3 is 4.90 Å². The van der Waals surface area contributed by atoms with Gasteiger partial charge in [0.15, 0.2) is 0 Å². The summed E-state index contributed by atoms with van der Waals surface area (Å²) in [6, 6.07) is 0.353. The fourth-order valence-electron chi connectivity index (χ4n) is 4.22. The Balaban J connectivity index is 1.38. The monoisotopic (exact) mass is 301 g/mol. The predicted octanol–water partition coefficient (Wildman–Crippen LogP) is 3.01. The van der Waals surface area contributed by atoms with Crippen molar-refractivity contribution >= 4 is 5.91 Å². The summed E-state index contributed by atoms with van der Waals surface area (Å²) >= 11 is 0.